The molecule has 3 aromatic carbocycles. The van der Waals surface area contributed by atoms with Gasteiger partial charge in [-0.15, -0.1) is 0 Å². The van der Waals surface area contributed by atoms with Crippen LogP contribution in [0.25, 0.3) is 16.9 Å². The quantitative estimate of drug-likeness (QED) is 0.481. The molecule has 0 radical (unpaired) electrons. The maximum Gasteiger partial charge on any atom is 0.279 e. The maximum atomic E-state index is 12.5. The molecule has 0 fully saturated rings. The standard InChI is InChI=1S/C26H23N5O/c1-30(19-25(32)28-23-14-12-20(16-27)13-15-23)17-22-18-31(24-10-6-3-7-11-24)29-26(22)21-8-4-2-5-9-21/h2-15,18H,17,19H2,1H3,(H,28,32)/p+1. The fraction of sp³-hybridized carbons (Fsp3) is 0.115. The average Bonchev–Trinajstić information content (AvgIpc) is 3.24. The molecule has 0 aliphatic carbocycles. The molecule has 0 bridgehead atoms. The molecule has 6 nitrogen and oxygen atoms in total. The number of nitrogens with one attached hydrogen (secondary N) is 2. The predicted octanol–water partition coefficient (Wildman–Crippen LogP) is 3.06. The first kappa shape index (κ1) is 21.0. The summed E-state index contributed by atoms with van der Waals surface area (Å²) in [5, 5.41) is 16.6. The van der Waals surface area contributed by atoms with Gasteiger partial charge in [0.1, 0.15) is 12.2 Å². The van der Waals surface area contributed by atoms with Gasteiger partial charge in [0.15, 0.2) is 6.54 Å². The highest BCUT2D eigenvalue weighted by Crippen LogP contribution is 2.23. The highest BCUT2D eigenvalue weighted by atomic mass is 16.2. The van der Waals surface area contributed by atoms with E-state index in [1.165, 1.54) is 0 Å². The van der Waals surface area contributed by atoms with Crippen LogP contribution in [0.15, 0.2) is 91.1 Å². The first-order chi connectivity index (χ1) is 15.6. The first-order valence-corrected chi connectivity index (χ1v) is 10.4. The summed E-state index contributed by atoms with van der Waals surface area (Å²) in [6, 6.07) is 29.0. The number of nitrogens with zero attached hydrogens (tertiary/aromatic N) is 3. The smallest absolute Gasteiger partial charge is 0.279 e. The molecular formula is C26H24N5O+. The Balaban J connectivity index is 1.50. The second-order valence-electron chi connectivity index (χ2n) is 7.70. The number of hydrogen-bond donors (Lipinski definition) is 2. The van der Waals surface area contributed by atoms with Crippen LogP contribution in [-0.2, 0) is 11.3 Å². The minimum atomic E-state index is -0.0797. The molecule has 0 aliphatic heterocycles. The predicted molar refractivity (Wildman–Crippen MR) is 124 cm³/mol. The summed E-state index contributed by atoms with van der Waals surface area (Å²) >= 11 is 0. The van der Waals surface area contributed by atoms with E-state index in [-0.39, 0.29) is 5.91 Å². The zero-order chi connectivity index (χ0) is 22.3. The largest absolute Gasteiger partial charge is 0.326 e. The van der Waals surface area contributed by atoms with Crippen LogP contribution in [0, 0.1) is 11.3 Å². The summed E-state index contributed by atoms with van der Waals surface area (Å²) in [4.78, 5) is 13.6. The molecule has 4 rings (SSSR count). The normalized spacial score (nSPS) is 11.5. The van der Waals surface area contributed by atoms with E-state index in [4.69, 9.17) is 10.4 Å². The van der Waals surface area contributed by atoms with E-state index in [2.05, 4.69) is 11.4 Å². The van der Waals surface area contributed by atoms with E-state index >= 15 is 0 Å². The monoisotopic (exact) mass is 422 g/mol. The fourth-order valence-electron chi connectivity index (χ4n) is 3.59. The van der Waals surface area contributed by atoms with Gasteiger partial charge in [0, 0.05) is 17.4 Å². The Bertz CT molecular complexity index is 1220. The average molecular weight is 423 g/mol. The summed E-state index contributed by atoms with van der Waals surface area (Å²) in [5.41, 5.74) is 5.28. The van der Waals surface area contributed by atoms with Crippen LogP contribution >= 0.6 is 0 Å². The third-order valence-corrected chi connectivity index (χ3v) is 5.11. The zero-order valence-corrected chi connectivity index (χ0v) is 17.8. The molecular weight excluding hydrogens is 398 g/mol. The van der Waals surface area contributed by atoms with Crippen LogP contribution in [-0.4, -0.2) is 29.3 Å². The molecule has 158 valence electrons. The van der Waals surface area contributed by atoms with Gasteiger partial charge in [-0.2, -0.15) is 10.4 Å². The topological polar surface area (TPSA) is 75.2 Å². The number of benzene rings is 3. The van der Waals surface area contributed by atoms with Crippen LogP contribution in [0.4, 0.5) is 5.69 Å². The van der Waals surface area contributed by atoms with Crippen molar-refractivity contribution in [3.05, 3.63) is 102 Å². The Morgan fingerprint density at radius 3 is 2.31 bits per heavy atom. The summed E-state index contributed by atoms with van der Waals surface area (Å²) in [6.07, 6.45) is 2.04. The number of anilines is 1. The van der Waals surface area contributed by atoms with Crippen LogP contribution in [0.3, 0.4) is 0 Å². The van der Waals surface area contributed by atoms with Gasteiger partial charge in [0.05, 0.1) is 29.9 Å². The first-order valence-electron chi connectivity index (χ1n) is 10.4. The van der Waals surface area contributed by atoms with Crippen LogP contribution < -0.4 is 10.2 Å². The van der Waals surface area contributed by atoms with Crippen LogP contribution in [0.2, 0.25) is 0 Å². The zero-order valence-electron chi connectivity index (χ0n) is 17.8. The van der Waals surface area contributed by atoms with Gasteiger partial charge in [-0.25, -0.2) is 4.68 Å². The Hall–Kier alpha value is -4.21. The number of likely N-dealkylation sites (N-methyl/N-ethyl adjacent to an activating group) is 1. The molecule has 0 spiro atoms. The Kier molecular flexibility index (Phi) is 6.40. The van der Waals surface area contributed by atoms with Crippen LogP contribution in [0.1, 0.15) is 11.1 Å². The second-order valence-corrected chi connectivity index (χ2v) is 7.70. The van der Waals surface area contributed by atoms with Gasteiger partial charge in [-0.3, -0.25) is 4.79 Å². The number of nitriles is 1. The summed E-state index contributed by atoms with van der Waals surface area (Å²) in [6.45, 7) is 0.961. The Morgan fingerprint density at radius 1 is 1.00 bits per heavy atom. The molecule has 0 aliphatic rings. The van der Waals surface area contributed by atoms with Gasteiger partial charge >= 0.3 is 0 Å². The van der Waals surface area contributed by atoms with Crippen molar-refractivity contribution in [1.29, 1.82) is 5.26 Å². The molecule has 0 saturated heterocycles. The van der Waals surface area contributed by atoms with Gasteiger partial charge in [0.2, 0.25) is 0 Å². The lowest BCUT2D eigenvalue weighted by Crippen LogP contribution is -3.08. The molecule has 2 N–H and O–H groups in total. The fourth-order valence-corrected chi connectivity index (χ4v) is 3.59. The number of carbonyl (C=O) groups is 1. The highest BCUT2D eigenvalue weighted by molar-refractivity contribution is 5.91. The minimum absolute atomic E-state index is 0.0797. The molecule has 1 unspecified atom stereocenters. The number of amides is 1. The molecule has 1 aromatic heterocycles. The number of quaternary nitrogens is 1. The van der Waals surface area contributed by atoms with Crippen molar-refractivity contribution in [2.75, 3.05) is 18.9 Å². The minimum Gasteiger partial charge on any atom is -0.326 e. The molecule has 1 amide bonds. The van der Waals surface area contributed by atoms with Gasteiger partial charge in [0.25, 0.3) is 5.91 Å². The molecule has 32 heavy (non-hydrogen) atoms. The second kappa shape index (κ2) is 9.73. The molecule has 0 saturated carbocycles. The molecule has 1 atom stereocenters. The van der Waals surface area contributed by atoms with Crippen molar-refractivity contribution in [2.45, 2.75) is 6.54 Å². The van der Waals surface area contributed by atoms with Gasteiger partial charge in [-0.05, 0) is 36.4 Å². The van der Waals surface area contributed by atoms with E-state index < -0.39 is 0 Å². The number of rotatable bonds is 7. The Morgan fingerprint density at radius 2 is 1.66 bits per heavy atom. The SMILES string of the molecule is C[NH+](CC(=O)Nc1ccc(C#N)cc1)Cc1cn(-c2ccccc2)nc1-c1ccccc1. The number of para-hydroxylation sites is 1. The van der Waals surface area contributed by atoms with Gasteiger partial charge in [-0.1, -0.05) is 48.5 Å². The van der Waals surface area contributed by atoms with Crippen molar-refractivity contribution in [3.63, 3.8) is 0 Å². The van der Waals surface area contributed by atoms with Crippen molar-refractivity contribution in [1.82, 2.24) is 9.78 Å². The van der Waals surface area contributed by atoms with E-state index in [1.807, 2.05) is 78.6 Å². The number of aromatic nitrogens is 2. The Labute approximate surface area is 187 Å². The summed E-state index contributed by atoms with van der Waals surface area (Å²) in [7, 11) is 1.99. The third kappa shape index (κ3) is 5.09. The molecule has 1 heterocycles. The third-order valence-electron chi connectivity index (χ3n) is 5.11. The maximum absolute atomic E-state index is 12.5. The van der Waals surface area contributed by atoms with Gasteiger partial charge < -0.3 is 10.2 Å². The van der Waals surface area contributed by atoms with E-state index in [0.717, 1.165) is 27.4 Å². The van der Waals surface area contributed by atoms with E-state index in [1.54, 1.807) is 24.3 Å². The van der Waals surface area contributed by atoms with Crippen molar-refractivity contribution < 1.29 is 9.69 Å². The van der Waals surface area contributed by atoms with E-state index in [0.29, 0.717) is 24.3 Å². The number of carbonyl (C=O) groups excluding carboxylic acids is 1. The van der Waals surface area contributed by atoms with Crippen LogP contribution in [0.5, 0.6) is 0 Å². The number of hydrogen-bond acceptors (Lipinski definition) is 3. The van der Waals surface area contributed by atoms with Crippen molar-refractivity contribution >= 4 is 11.6 Å². The lowest BCUT2D eigenvalue weighted by atomic mass is 10.1. The van der Waals surface area contributed by atoms with E-state index in [9.17, 15) is 4.79 Å². The molecule has 4 aromatic rings. The lowest BCUT2D eigenvalue weighted by molar-refractivity contribution is -0.885. The van der Waals surface area contributed by atoms with Crippen molar-refractivity contribution in [3.8, 4) is 23.0 Å². The molecule has 6 heteroatoms. The highest BCUT2D eigenvalue weighted by Gasteiger charge is 2.18. The van der Waals surface area contributed by atoms with Crippen molar-refractivity contribution in [2.24, 2.45) is 0 Å². The summed E-state index contributed by atoms with van der Waals surface area (Å²) in [5.74, 6) is -0.0797. The lowest BCUT2D eigenvalue weighted by Gasteiger charge is -2.14. The summed E-state index contributed by atoms with van der Waals surface area (Å²) < 4.78 is 1.89.